The van der Waals surface area contributed by atoms with Crippen molar-refractivity contribution in [2.45, 2.75) is 32.4 Å². The number of nitrogens with zero attached hydrogens (tertiary/aromatic N) is 3. The van der Waals surface area contributed by atoms with Gasteiger partial charge in [-0.25, -0.2) is 4.98 Å². The van der Waals surface area contributed by atoms with Crippen LogP contribution in [0.15, 0.2) is 47.9 Å². The van der Waals surface area contributed by atoms with Crippen LogP contribution >= 0.6 is 0 Å². The van der Waals surface area contributed by atoms with Crippen molar-refractivity contribution >= 4 is 16.8 Å². The minimum absolute atomic E-state index is 0.186. The lowest BCUT2D eigenvalue weighted by Crippen LogP contribution is -2.30. The molecule has 1 atom stereocenters. The van der Waals surface area contributed by atoms with Crippen molar-refractivity contribution in [2.75, 3.05) is 6.54 Å². The number of pyridine rings is 1. The lowest BCUT2D eigenvalue weighted by Gasteiger charge is -2.12. The Bertz CT molecular complexity index is 989. The number of nitrogens with one attached hydrogen (secondary N) is 1. The third kappa shape index (κ3) is 2.73. The monoisotopic (exact) mass is 336 g/mol. The first kappa shape index (κ1) is 15.6. The Morgan fingerprint density at radius 1 is 1.40 bits per heavy atom. The van der Waals surface area contributed by atoms with Crippen LogP contribution < -0.4 is 10.7 Å². The first-order valence-electron chi connectivity index (χ1n) is 8.56. The minimum atomic E-state index is -0.300. The van der Waals surface area contributed by atoms with E-state index in [1.807, 2.05) is 22.9 Å². The molecule has 2 aromatic heterocycles. The quantitative estimate of drug-likeness (QED) is 0.726. The summed E-state index contributed by atoms with van der Waals surface area (Å²) in [7, 11) is 0. The first-order valence-corrected chi connectivity index (χ1v) is 8.56. The predicted molar refractivity (Wildman–Crippen MR) is 95.8 cm³/mol. The lowest BCUT2D eigenvalue weighted by atomic mass is 10.1. The minimum Gasteiger partial charge on any atom is -0.352 e. The molecule has 1 amide bonds. The molecule has 1 aliphatic heterocycles. The Kier molecular flexibility index (Phi) is 3.87. The molecule has 4 rings (SSSR count). The summed E-state index contributed by atoms with van der Waals surface area (Å²) < 4.78 is 4.02. The van der Waals surface area contributed by atoms with Gasteiger partial charge in [0.25, 0.3) is 5.91 Å². The summed E-state index contributed by atoms with van der Waals surface area (Å²) in [6.45, 7) is 3.41. The maximum atomic E-state index is 12.7. The Morgan fingerprint density at radius 3 is 3.08 bits per heavy atom. The number of para-hydroxylation sites is 1. The predicted octanol–water partition coefficient (Wildman–Crippen LogP) is 2.14. The molecule has 0 bridgehead atoms. The maximum Gasteiger partial charge on any atom is 0.256 e. The maximum absolute atomic E-state index is 12.7. The van der Waals surface area contributed by atoms with E-state index in [2.05, 4.69) is 27.9 Å². The van der Waals surface area contributed by atoms with Gasteiger partial charge in [-0.05, 0) is 31.4 Å². The molecule has 0 radical (unpaired) electrons. The van der Waals surface area contributed by atoms with Gasteiger partial charge in [0.1, 0.15) is 5.56 Å². The van der Waals surface area contributed by atoms with E-state index in [4.69, 9.17) is 0 Å². The SMILES string of the molecule is CC1Cc2cccc3c(=O)c(C(=O)NCCCn4ccnc4)cn1c23. The molecule has 128 valence electrons. The van der Waals surface area contributed by atoms with Crippen molar-refractivity contribution in [3.05, 3.63) is 64.5 Å². The summed E-state index contributed by atoms with van der Waals surface area (Å²) in [5, 5.41) is 3.50. The van der Waals surface area contributed by atoms with Crippen molar-refractivity contribution in [2.24, 2.45) is 0 Å². The number of hydrogen-bond donors (Lipinski definition) is 1. The van der Waals surface area contributed by atoms with Crippen LogP contribution in [0, 0.1) is 0 Å². The van der Waals surface area contributed by atoms with Gasteiger partial charge in [-0.2, -0.15) is 0 Å². The van der Waals surface area contributed by atoms with Crippen LogP contribution in [0.25, 0.3) is 10.9 Å². The second-order valence-electron chi connectivity index (χ2n) is 6.56. The fourth-order valence-corrected chi connectivity index (χ4v) is 3.56. The zero-order chi connectivity index (χ0) is 17.4. The van der Waals surface area contributed by atoms with Crippen molar-refractivity contribution in [1.29, 1.82) is 0 Å². The summed E-state index contributed by atoms with van der Waals surface area (Å²) in [4.78, 5) is 29.2. The molecule has 0 spiro atoms. The molecule has 3 aromatic rings. The Labute approximate surface area is 145 Å². The van der Waals surface area contributed by atoms with Crippen LogP contribution in [-0.4, -0.2) is 26.6 Å². The molecule has 1 unspecified atom stereocenters. The topological polar surface area (TPSA) is 68.9 Å². The van der Waals surface area contributed by atoms with Gasteiger partial charge < -0.3 is 14.5 Å². The third-order valence-corrected chi connectivity index (χ3v) is 4.81. The molecular formula is C19H20N4O2. The normalized spacial score (nSPS) is 15.6. The molecule has 6 heteroatoms. The second-order valence-corrected chi connectivity index (χ2v) is 6.56. The van der Waals surface area contributed by atoms with Gasteiger partial charge in [0.05, 0.1) is 11.8 Å². The smallest absolute Gasteiger partial charge is 0.256 e. The molecule has 1 aliphatic rings. The zero-order valence-electron chi connectivity index (χ0n) is 14.1. The number of amides is 1. The summed E-state index contributed by atoms with van der Waals surface area (Å²) >= 11 is 0. The molecule has 1 aromatic carbocycles. The Morgan fingerprint density at radius 2 is 2.28 bits per heavy atom. The van der Waals surface area contributed by atoms with Gasteiger partial charge in [0.15, 0.2) is 0 Å². The Balaban J connectivity index is 1.54. The van der Waals surface area contributed by atoms with Gasteiger partial charge in [0, 0.05) is 43.1 Å². The molecule has 0 fully saturated rings. The van der Waals surface area contributed by atoms with Gasteiger partial charge in [-0.3, -0.25) is 9.59 Å². The number of hydrogen-bond acceptors (Lipinski definition) is 3. The molecule has 3 heterocycles. The number of rotatable bonds is 5. The molecular weight excluding hydrogens is 316 g/mol. The van der Waals surface area contributed by atoms with E-state index in [-0.39, 0.29) is 22.9 Å². The van der Waals surface area contributed by atoms with Crippen LogP contribution in [0.2, 0.25) is 0 Å². The van der Waals surface area contributed by atoms with Crippen LogP contribution in [0.1, 0.15) is 35.3 Å². The number of aryl methyl sites for hydroxylation is 1. The van der Waals surface area contributed by atoms with E-state index in [0.29, 0.717) is 11.9 Å². The van der Waals surface area contributed by atoms with Gasteiger partial charge >= 0.3 is 0 Å². The highest BCUT2D eigenvalue weighted by Crippen LogP contribution is 2.30. The second kappa shape index (κ2) is 6.20. The molecule has 0 aliphatic carbocycles. The van der Waals surface area contributed by atoms with Crippen molar-refractivity contribution in [3.63, 3.8) is 0 Å². The molecule has 6 nitrogen and oxygen atoms in total. The highest BCUT2D eigenvalue weighted by molar-refractivity contribution is 5.98. The van der Waals surface area contributed by atoms with Gasteiger partial charge in [0.2, 0.25) is 5.43 Å². The van der Waals surface area contributed by atoms with E-state index in [1.165, 1.54) is 5.56 Å². The fourth-order valence-electron chi connectivity index (χ4n) is 3.56. The molecule has 0 saturated carbocycles. The largest absolute Gasteiger partial charge is 0.352 e. The third-order valence-electron chi connectivity index (χ3n) is 4.81. The average Bonchev–Trinajstić information content (AvgIpc) is 3.23. The summed E-state index contributed by atoms with van der Waals surface area (Å²) in [6.07, 6.45) is 8.76. The standard InChI is InChI=1S/C19H20N4O2/c1-13-10-14-4-2-5-15-17(14)23(13)11-16(18(15)24)19(25)21-6-3-8-22-9-7-20-12-22/h2,4-5,7,9,11-13H,3,6,8,10H2,1H3,(H,21,25). The van der Waals surface area contributed by atoms with Crippen LogP contribution in [0.4, 0.5) is 0 Å². The van der Waals surface area contributed by atoms with E-state index in [9.17, 15) is 9.59 Å². The Hall–Kier alpha value is -2.89. The van der Waals surface area contributed by atoms with E-state index in [1.54, 1.807) is 18.7 Å². The number of carbonyl (C=O) groups is 1. The number of imidazole rings is 1. The van der Waals surface area contributed by atoms with Crippen LogP contribution in [0.5, 0.6) is 0 Å². The average molecular weight is 336 g/mol. The van der Waals surface area contributed by atoms with Crippen molar-refractivity contribution < 1.29 is 4.79 Å². The van der Waals surface area contributed by atoms with E-state index < -0.39 is 0 Å². The van der Waals surface area contributed by atoms with Crippen LogP contribution in [-0.2, 0) is 13.0 Å². The molecule has 25 heavy (non-hydrogen) atoms. The van der Waals surface area contributed by atoms with Gasteiger partial charge in [-0.1, -0.05) is 12.1 Å². The number of benzene rings is 1. The number of carbonyl (C=O) groups excluding carboxylic acids is 1. The van der Waals surface area contributed by atoms with Crippen molar-refractivity contribution in [3.8, 4) is 0 Å². The molecule has 0 saturated heterocycles. The zero-order valence-corrected chi connectivity index (χ0v) is 14.1. The summed E-state index contributed by atoms with van der Waals surface area (Å²) in [5.74, 6) is -0.300. The van der Waals surface area contributed by atoms with Crippen molar-refractivity contribution in [1.82, 2.24) is 19.4 Å². The number of aromatic nitrogens is 3. The van der Waals surface area contributed by atoms with Crippen LogP contribution in [0.3, 0.4) is 0 Å². The van der Waals surface area contributed by atoms with E-state index in [0.717, 1.165) is 24.9 Å². The van der Waals surface area contributed by atoms with E-state index >= 15 is 0 Å². The van der Waals surface area contributed by atoms with Gasteiger partial charge in [-0.15, -0.1) is 0 Å². The highest BCUT2D eigenvalue weighted by atomic mass is 16.2. The molecule has 1 N–H and O–H groups in total. The summed E-state index contributed by atoms with van der Waals surface area (Å²) in [5.41, 5.74) is 2.18. The first-order chi connectivity index (χ1) is 12.1. The highest BCUT2D eigenvalue weighted by Gasteiger charge is 2.24. The fraction of sp³-hybridized carbons (Fsp3) is 0.316. The lowest BCUT2D eigenvalue weighted by molar-refractivity contribution is 0.0951. The summed E-state index contributed by atoms with van der Waals surface area (Å²) in [6, 6.07) is 6.02.